The van der Waals surface area contributed by atoms with Crippen LogP contribution in [0.1, 0.15) is 34.1 Å². The van der Waals surface area contributed by atoms with Gasteiger partial charge in [-0.25, -0.2) is 4.79 Å². The van der Waals surface area contributed by atoms with Gasteiger partial charge in [-0.2, -0.15) is 0 Å². The van der Waals surface area contributed by atoms with Crippen LogP contribution in [0.5, 0.6) is 0 Å². The first-order valence-electron chi connectivity index (χ1n) is 7.53. The van der Waals surface area contributed by atoms with Crippen LogP contribution in [-0.2, 0) is 14.3 Å². The molecule has 124 valence electrons. The van der Waals surface area contributed by atoms with Crippen LogP contribution in [0.25, 0.3) is 0 Å². The molecule has 1 aromatic carbocycles. The first kappa shape index (κ1) is 17.0. The highest BCUT2D eigenvalue weighted by Gasteiger charge is 2.34. The van der Waals surface area contributed by atoms with Crippen molar-refractivity contribution in [2.24, 2.45) is 11.8 Å². The van der Waals surface area contributed by atoms with Crippen LogP contribution in [0.2, 0.25) is 0 Å². The Bertz CT molecular complexity index is 596. The standard InChI is InChI=1S/C17H21NO5/c1-11-10-18(9-8-14(11)17(21)23-3)15(19)12-4-6-13(7-5-12)16(20)22-2/h4-7,11,14H,8-10H2,1-3H3/t11-,14+/m0/s1. The van der Waals surface area contributed by atoms with Crippen molar-refractivity contribution in [3.63, 3.8) is 0 Å². The molecule has 0 unspecified atom stereocenters. The minimum absolute atomic E-state index is 0.0505. The third-order valence-corrected chi connectivity index (χ3v) is 4.25. The van der Waals surface area contributed by atoms with E-state index in [9.17, 15) is 14.4 Å². The molecule has 1 heterocycles. The zero-order chi connectivity index (χ0) is 17.0. The average molecular weight is 319 g/mol. The molecule has 1 saturated heterocycles. The van der Waals surface area contributed by atoms with E-state index < -0.39 is 5.97 Å². The number of ether oxygens (including phenoxy) is 2. The lowest BCUT2D eigenvalue weighted by Gasteiger charge is -2.35. The van der Waals surface area contributed by atoms with Crippen molar-refractivity contribution >= 4 is 17.8 Å². The summed E-state index contributed by atoms with van der Waals surface area (Å²) in [7, 11) is 2.70. The van der Waals surface area contributed by atoms with Gasteiger partial charge in [-0.05, 0) is 36.6 Å². The Kier molecular flexibility index (Phi) is 5.36. The van der Waals surface area contributed by atoms with E-state index in [-0.39, 0.29) is 23.7 Å². The quantitative estimate of drug-likeness (QED) is 0.794. The molecule has 1 amide bonds. The second-order valence-corrected chi connectivity index (χ2v) is 5.72. The molecule has 0 saturated carbocycles. The Morgan fingerprint density at radius 3 is 2.17 bits per heavy atom. The number of rotatable bonds is 3. The van der Waals surface area contributed by atoms with E-state index in [2.05, 4.69) is 4.74 Å². The maximum absolute atomic E-state index is 12.5. The molecule has 2 atom stereocenters. The van der Waals surface area contributed by atoms with Gasteiger partial charge in [0, 0.05) is 18.7 Å². The lowest BCUT2D eigenvalue weighted by atomic mass is 9.86. The molecule has 2 rings (SSSR count). The topological polar surface area (TPSA) is 72.9 Å². The van der Waals surface area contributed by atoms with Crippen molar-refractivity contribution in [3.05, 3.63) is 35.4 Å². The van der Waals surface area contributed by atoms with Gasteiger partial charge in [-0.3, -0.25) is 9.59 Å². The van der Waals surface area contributed by atoms with E-state index in [1.165, 1.54) is 14.2 Å². The van der Waals surface area contributed by atoms with E-state index in [4.69, 9.17) is 4.74 Å². The van der Waals surface area contributed by atoms with Gasteiger partial charge in [0.05, 0.1) is 25.7 Å². The first-order valence-corrected chi connectivity index (χ1v) is 7.53. The van der Waals surface area contributed by atoms with E-state index in [0.29, 0.717) is 30.6 Å². The van der Waals surface area contributed by atoms with E-state index in [0.717, 1.165) is 0 Å². The Hall–Kier alpha value is -2.37. The summed E-state index contributed by atoms with van der Waals surface area (Å²) < 4.78 is 9.43. The Morgan fingerprint density at radius 2 is 1.65 bits per heavy atom. The largest absolute Gasteiger partial charge is 0.469 e. The number of esters is 2. The van der Waals surface area contributed by atoms with Crippen LogP contribution in [0, 0.1) is 11.8 Å². The number of hydrogen-bond donors (Lipinski definition) is 0. The molecule has 1 aliphatic rings. The summed E-state index contributed by atoms with van der Waals surface area (Å²) in [4.78, 5) is 37.4. The molecular weight excluding hydrogens is 298 g/mol. The number of hydrogen-bond acceptors (Lipinski definition) is 5. The summed E-state index contributed by atoms with van der Waals surface area (Å²) >= 11 is 0. The van der Waals surface area contributed by atoms with E-state index >= 15 is 0 Å². The molecule has 0 aliphatic carbocycles. The van der Waals surface area contributed by atoms with Gasteiger partial charge in [-0.15, -0.1) is 0 Å². The number of nitrogens with zero attached hydrogens (tertiary/aromatic N) is 1. The predicted molar refractivity (Wildman–Crippen MR) is 83.0 cm³/mol. The fraction of sp³-hybridized carbons (Fsp3) is 0.471. The van der Waals surface area contributed by atoms with Gasteiger partial charge < -0.3 is 14.4 Å². The SMILES string of the molecule is COC(=O)c1ccc(C(=O)N2CC[C@@H](C(=O)OC)[C@@H](C)C2)cc1. The maximum atomic E-state index is 12.5. The minimum Gasteiger partial charge on any atom is -0.469 e. The predicted octanol–water partition coefficient (Wildman–Crippen LogP) is 1.74. The van der Waals surface area contributed by atoms with Crippen LogP contribution in [0.3, 0.4) is 0 Å². The second kappa shape index (κ2) is 7.26. The smallest absolute Gasteiger partial charge is 0.337 e. The second-order valence-electron chi connectivity index (χ2n) is 5.72. The number of piperidine rings is 1. The van der Waals surface area contributed by atoms with E-state index in [1.807, 2.05) is 6.92 Å². The summed E-state index contributed by atoms with van der Waals surface area (Å²) in [5.74, 6) is -0.861. The monoisotopic (exact) mass is 319 g/mol. The van der Waals surface area contributed by atoms with Gasteiger partial charge in [0.15, 0.2) is 0 Å². The van der Waals surface area contributed by atoms with Crippen molar-refractivity contribution in [1.29, 1.82) is 0 Å². The van der Waals surface area contributed by atoms with Crippen molar-refractivity contribution < 1.29 is 23.9 Å². The summed E-state index contributed by atoms with van der Waals surface area (Å²) in [6.07, 6.45) is 0.597. The molecule has 0 bridgehead atoms. The van der Waals surface area contributed by atoms with Crippen molar-refractivity contribution in [1.82, 2.24) is 4.90 Å². The van der Waals surface area contributed by atoms with Crippen LogP contribution in [-0.4, -0.2) is 50.1 Å². The van der Waals surface area contributed by atoms with Crippen LogP contribution in [0.15, 0.2) is 24.3 Å². The molecule has 1 aliphatic heterocycles. The van der Waals surface area contributed by atoms with Gasteiger partial charge in [0.25, 0.3) is 5.91 Å². The zero-order valence-electron chi connectivity index (χ0n) is 13.6. The highest BCUT2D eigenvalue weighted by Crippen LogP contribution is 2.25. The fourth-order valence-corrected chi connectivity index (χ4v) is 2.88. The summed E-state index contributed by atoms with van der Waals surface area (Å²) in [5.41, 5.74) is 0.920. The van der Waals surface area contributed by atoms with Crippen molar-refractivity contribution in [2.45, 2.75) is 13.3 Å². The zero-order valence-corrected chi connectivity index (χ0v) is 13.6. The highest BCUT2D eigenvalue weighted by molar-refractivity contribution is 5.96. The molecule has 1 aromatic rings. The summed E-state index contributed by atoms with van der Waals surface area (Å²) in [5, 5.41) is 0. The normalized spacial score (nSPS) is 20.7. The Morgan fingerprint density at radius 1 is 1.04 bits per heavy atom. The van der Waals surface area contributed by atoms with Crippen molar-refractivity contribution in [2.75, 3.05) is 27.3 Å². The number of methoxy groups -OCH3 is 2. The first-order chi connectivity index (χ1) is 11.0. The molecule has 23 heavy (non-hydrogen) atoms. The minimum atomic E-state index is -0.434. The van der Waals surface area contributed by atoms with Crippen molar-refractivity contribution in [3.8, 4) is 0 Å². The third-order valence-electron chi connectivity index (χ3n) is 4.25. The van der Waals surface area contributed by atoms with Gasteiger partial charge in [0.1, 0.15) is 0 Å². The molecule has 6 heteroatoms. The lowest BCUT2D eigenvalue weighted by Crippen LogP contribution is -2.45. The highest BCUT2D eigenvalue weighted by atomic mass is 16.5. The number of amides is 1. The summed E-state index contributed by atoms with van der Waals surface area (Å²) in [6, 6.07) is 6.38. The Balaban J connectivity index is 2.04. The fourth-order valence-electron chi connectivity index (χ4n) is 2.88. The third kappa shape index (κ3) is 3.70. The molecule has 0 spiro atoms. The maximum Gasteiger partial charge on any atom is 0.337 e. The number of carbonyl (C=O) groups excluding carboxylic acids is 3. The molecule has 0 radical (unpaired) electrons. The average Bonchev–Trinajstić information content (AvgIpc) is 2.59. The van der Waals surface area contributed by atoms with Gasteiger partial charge in [0.2, 0.25) is 0 Å². The van der Waals surface area contributed by atoms with Crippen LogP contribution >= 0.6 is 0 Å². The lowest BCUT2D eigenvalue weighted by molar-refractivity contribution is -0.148. The van der Waals surface area contributed by atoms with Gasteiger partial charge >= 0.3 is 11.9 Å². The molecular formula is C17H21NO5. The number of likely N-dealkylation sites (tertiary alicyclic amines) is 1. The molecule has 6 nitrogen and oxygen atoms in total. The summed E-state index contributed by atoms with van der Waals surface area (Å²) in [6.45, 7) is 2.97. The molecule has 0 aromatic heterocycles. The van der Waals surface area contributed by atoms with Crippen LogP contribution < -0.4 is 0 Å². The molecule has 1 fully saturated rings. The molecule has 0 N–H and O–H groups in total. The number of benzene rings is 1. The number of carbonyl (C=O) groups is 3. The van der Waals surface area contributed by atoms with E-state index in [1.54, 1.807) is 29.2 Å². The van der Waals surface area contributed by atoms with Gasteiger partial charge in [-0.1, -0.05) is 6.92 Å². The van der Waals surface area contributed by atoms with Crippen LogP contribution in [0.4, 0.5) is 0 Å². The Labute approximate surface area is 135 Å².